The number of halogens is 13. The lowest BCUT2D eigenvalue weighted by atomic mass is 9.97. The Labute approximate surface area is 172 Å². The molecular formula is C15H5F13N2OS. The molecule has 2 rings (SSSR count). The summed E-state index contributed by atoms with van der Waals surface area (Å²) in [5.41, 5.74) is -8.06. The van der Waals surface area contributed by atoms with Gasteiger partial charge in [-0.1, -0.05) is 17.8 Å². The Morgan fingerprint density at radius 2 is 1.44 bits per heavy atom. The molecule has 0 aliphatic carbocycles. The maximum Gasteiger partial charge on any atom is 0.443 e. The Bertz CT molecular complexity index is 955. The van der Waals surface area contributed by atoms with Crippen LogP contribution >= 0.6 is 11.8 Å². The van der Waals surface area contributed by atoms with E-state index in [0.29, 0.717) is 18.2 Å². The van der Waals surface area contributed by atoms with Gasteiger partial charge in [0.1, 0.15) is 0 Å². The van der Waals surface area contributed by atoms with Crippen LogP contribution in [-0.2, 0) is 6.18 Å². The highest BCUT2D eigenvalue weighted by Crippen LogP contribution is 2.59. The van der Waals surface area contributed by atoms with Gasteiger partial charge >= 0.3 is 24.7 Å². The maximum atomic E-state index is 13.6. The normalized spacial score (nSPS) is 19.0. The van der Waals surface area contributed by atoms with Gasteiger partial charge in [0, 0.05) is 5.56 Å². The molecule has 0 saturated heterocycles. The monoisotopic (exact) mass is 508 g/mol. The summed E-state index contributed by atoms with van der Waals surface area (Å²) in [4.78, 5) is 11.1. The van der Waals surface area contributed by atoms with Gasteiger partial charge in [-0.25, -0.2) is 9.38 Å². The molecule has 0 radical (unpaired) electrons. The van der Waals surface area contributed by atoms with Crippen LogP contribution in [0.25, 0.3) is 0 Å². The van der Waals surface area contributed by atoms with E-state index in [1.54, 1.807) is 0 Å². The molecule has 1 aliphatic heterocycles. The number of hydrogen-bond acceptors (Lipinski definition) is 3. The average molecular weight is 508 g/mol. The molecule has 0 unspecified atom stereocenters. The van der Waals surface area contributed by atoms with E-state index in [0.717, 1.165) is 0 Å². The molecule has 0 spiro atoms. The van der Waals surface area contributed by atoms with E-state index in [1.165, 1.54) is 5.32 Å². The lowest BCUT2D eigenvalue weighted by Gasteiger charge is -2.31. The topological polar surface area (TPSA) is 41.5 Å². The molecule has 17 heteroatoms. The lowest BCUT2D eigenvalue weighted by molar-refractivity contribution is -0.280. The van der Waals surface area contributed by atoms with Gasteiger partial charge in [0.05, 0.1) is 10.5 Å². The molecule has 0 aromatic heterocycles. The Morgan fingerprint density at radius 3 is 1.88 bits per heavy atom. The number of alkyl halides is 12. The lowest BCUT2D eigenvalue weighted by Crippen LogP contribution is -2.55. The first kappa shape index (κ1) is 25.8. The SMILES string of the molecule is O=C(NC1=NC(C(F)(F)F)(C(F)(F)F)/C(=C(\F)C(F)(F)F)S1)c1cccc(C(F)(F)F)c1. The summed E-state index contributed by atoms with van der Waals surface area (Å²) in [6.45, 7) is 0. The largest absolute Gasteiger partial charge is 0.443 e. The third-order valence-corrected chi connectivity index (χ3v) is 4.80. The molecule has 1 amide bonds. The molecule has 0 bridgehead atoms. The molecule has 0 atom stereocenters. The van der Waals surface area contributed by atoms with E-state index in [1.807, 2.05) is 0 Å². The van der Waals surface area contributed by atoms with Crippen LogP contribution in [0.3, 0.4) is 0 Å². The number of thioether (sulfide) groups is 1. The fraction of sp³-hybridized carbons (Fsp3) is 0.333. The van der Waals surface area contributed by atoms with Crippen molar-refractivity contribution in [2.45, 2.75) is 30.2 Å². The Balaban J connectivity index is 2.58. The second-order valence-corrected chi connectivity index (χ2v) is 6.90. The van der Waals surface area contributed by atoms with Crippen molar-refractivity contribution >= 4 is 22.8 Å². The van der Waals surface area contributed by atoms with Crippen molar-refractivity contribution in [3.63, 3.8) is 0 Å². The van der Waals surface area contributed by atoms with E-state index in [4.69, 9.17) is 0 Å². The van der Waals surface area contributed by atoms with Gasteiger partial charge in [-0.2, -0.15) is 52.7 Å². The summed E-state index contributed by atoms with van der Waals surface area (Å²) in [5, 5.41) is -0.520. The number of allylic oxidation sites excluding steroid dienone is 1. The number of amidine groups is 1. The van der Waals surface area contributed by atoms with E-state index >= 15 is 0 Å². The number of amides is 1. The fourth-order valence-electron chi connectivity index (χ4n) is 2.33. The number of aliphatic imine (C=N–C) groups is 1. The molecule has 1 aliphatic rings. The van der Waals surface area contributed by atoms with E-state index < -0.39 is 74.9 Å². The predicted octanol–water partition coefficient (Wildman–Crippen LogP) is 6.14. The van der Waals surface area contributed by atoms with Crippen molar-refractivity contribution in [1.82, 2.24) is 5.32 Å². The van der Waals surface area contributed by atoms with Crippen LogP contribution in [-0.4, -0.2) is 35.1 Å². The van der Waals surface area contributed by atoms with Gasteiger partial charge in [0.2, 0.25) is 5.83 Å². The second-order valence-electron chi connectivity index (χ2n) is 5.90. The number of rotatable bonds is 1. The Kier molecular flexibility index (Phi) is 6.32. The van der Waals surface area contributed by atoms with Crippen molar-refractivity contribution in [3.05, 3.63) is 46.1 Å². The van der Waals surface area contributed by atoms with Crippen molar-refractivity contribution in [3.8, 4) is 0 Å². The van der Waals surface area contributed by atoms with Gasteiger partial charge in [0.25, 0.3) is 11.4 Å². The smallest absolute Gasteiger partial charge is 0.301 e. The predicted molar refractivity (Wildman–Crippen MR) is 83.0 cm³/mol. The zero-order chi connectivity index (χ0) is 24.9. The minimum Gasteiger partial charge on any atom is -0.301 e. The summed E-state index contributed by atoms with van der Waals surface area (Å²) in [5.74, 6) is -5.50. The highest BCUT2D eigenvalue weighted by molar-refractivity contribution is 8.17. The van der Waals surface area contributed by atoms with Crippen LogP contribution in [0.4, 0.5) is 57.1 Å². The van der Waals surface area contributed by atoms with Crippen LogP contribution in [0.5, 0.6) is 0 Å². The maximum absolute atomic E-state index is 13.6. The third-order valence-electron chi connectivity index (χ3n) is 3.74. The minimum absolute atomic E-state index is 0.170. The zero-order valence-corrected chi connectivity index (χ0v) is 15.3. The molecule has 3 nitrogen and oxygen atoms in total. The van der Waals surface area contributed by atoms with E-state index in [-0.39, 0.29) is 6.07 Å². The first-order valence-corrected chi connectivity index (χ1v) is 8.40. The molecule has 32 heavy (non-hydrogen) atoms. The summed E-state index contributed by atoms with van der Waals surface area (Å²) in [6, 6.07) is 2.00. The molecule has 0 saturated carbocycles. The van der Waals surface area contributed by atoms with E-state index in [9.17, 15) is 61.9 Å². The average Bonchev–Trinajstić information content (AvgIpc) is 3.00. The first-order valence-electron chi connectivity index (χ1n) is 7.59. The summed E-state index contributed by atoms with van der Waals surface area (Å²) >= 11 is -1.12. The highest BCUT2D eigenvalue weighted by Gasteiger charge is 2.77. The van der Waals surface area contributed by atoms with Crippen LogP contribution in [0.15, 0.2) is 40.0 Å². The van der Waals surface area contributed by atoms with Crippen LogP contribution in [0.1, 0.15) is 15.9 Å². The number of carbonyl (C=O) groups is 1. The quantitative estimate of drug-likeness (QED) is 0.463. The van der Waals surface area contributed by atoms with Gasteiger partial charge < -0.3 is 5.32 Å². The number of carbonyl (C=O) groups excluding carboxylic acids is 1. The molecule has 178 valence electrons. The van der Waals surface area contributed by atoms with Crippen LogP contribution in [0, 0.1) is 0 Å². The molecule has 1 aromatic rings. The van der Waals surface area contributed by atoms with Gasteiger partial charge in [-0.05, 0) is 18.2 Å². The van der Waals surface area contributed by atoms with Crippen LogP contribution in [0.2, 0.25) is 0 Å². The summed E-state index contributed by atoms with van der Waals surface area (Å²) in [7, 11) is 0. The number of hydrogen-bond donors (Lipinski definition) is 1. The number of nitrogens with zero attached hydrogens (tertiary/aromatic N) is 1. The molecule has 0 fully saturated rings. The Hall–Kier alpha value is -2.46. The molecule has 1 N–H and O–H groups in total. The number of benzene rings is 1. The van der Waals surface area contributed by atoms with E-state index in [2.05, 4.69) is 4.99 Å². The summed E-state index contributed by atoms with van der Waals surface area (Å²) < 4.78 is 169. The molecule has 1 aromatic carbocycles. The minimum atomic E-state index is -6.64. The third kappa shape index (κ3) is 4.66. The molecular weight excluding hydrogens is 503 g/mol. The van der Waals surface area contributed by atoms with Gasteiger partial charge in [-0.3, -0.25) is 4.79 Å². The standard InChI is InChI=1S/C15H5F13N2OS/c16-7(13(20,21)22)8-11(14(23,24)25,15(26,27)28)30-10(32-8)29-9(31)5-2-1-3-6(4-5)12(17,18)19/h1-4H,(H,29,30,31)/b8-7+. The van der Waals surface area contributed by atoms with Gasteiger partial charge in [-0.15, -0.1) is 0 Å². The molecule has 1 heterocycles. The van der Waals surface area contributed by atoms with Gasteiger partial charge in [0.15, 0.2) is 5.17 Å². The fourth-order valence-corrected chi connectivity index (χ4v) is 3.48. The van der Waals surface area contributed by atoms with Crippen molar-refractivity contribution in [1.29, 1.82) is 0 Å². The zero-order valence-electron chi connectivity index (χ0n) is 14.5. The number of nitrogens with one attached hydrogen (secondary N) is 1. The Morgan fingerprint density at radius 1 is 0.906 bits per heavy atom. The first-order chi connectivity index (χ1) is 14.2. The second kappa shape index (κ2) is 7.84. The highest BCUT2D eigenvalue weighted by atomic mass is 32.2. The van der Waals surface area contributed by atoms with Crippen molar-refractivity contribution in [2.24, 2.45) is 4.99 Å². The summed E-state index contributed by atoms with van der Waals surface area (Å²) in [6.07, 6.45) is -24.5. The van der Waals surface area contributed by atoms with Crippen LogP contribution < -0.4 is 5.32 Å². The van der Waals surface area contributed by atoms with Crippen molar-refractivity contribution in [2.75, 3.05) is 0 Å². The van der Waals surface area contributed by atoms with Crippen molar-refractivity contribution < 1.29 is 61.9 Å².